The van der Waals surface area contributed by atoms with E-state index in [1.807, 2.05) is 0 Å². The molecule has 0 aromatic rings. The molecule has 1 heterocycles. The third-order valence-corrected chi connectivity index (χ3v) is 2.99. The van der Waals surface area contributed by atoms with Crippen molar-refractivity contribution < 1.29 is 24.2 Å². The first kappa shape index (κ1) is 14.9. The lowest BCUT2D eigenvalue weighted by molar-refractivity contribution is -0.143. The minimum atomic E-state index is -0.939. The van der Waals surface area contributed by atoms with Crippen LogP contribution in [0.2, 0.25) is 0 Å². The van der Waals surface area contributed by atoms with Crippen molar-refractivity contribution in [3.8, 4) is 0 Å². The SMILES string of the molecule is CCOC(CNC(=O)C1(C)CCCO1)CC(=O)O. The number of carboxylic acids is 1. The second-order valence-electron chi connectivity index (χ2n) is 4.57. The third kappa shape index (κ3) is 4.27. The summed E-state index contributed by atoms with van der Waals surface area (Å²) >= 11 is 0. The van der Waals surface area contributed by atoms with Crippen LogP contribution in [-0.4, -0.2) is 48.4 Å². The molecule has 0 aromatic heterocycles. The molecule has 104 valence electrons. The second-order valence-corrected chi connectivity index (χ2v) is 4.57. The number of carboxylic acid groups (broad SMARTS) is 1. The Kier molecular flexibility index (Phi) is 5.55. The Balaban J connectivity index is 2.41. The van der Waals surface area contributed by atoms with Crippen LogP contribution >= 0.6 is 0 Å². The molecule has 0 aliphatic carbocycles. The summed E-state index contributed by atoms with van der Waals surface area (Å²) in [5.74, 6) is -1.14. The molecule has 18 heavy (non-hydrogen) atoms. The number of carbonyl (C=O) groups is 2. The van der Waals surface area contributed by atoms with E-state index in [9.17, 15) is 9.59 Å². The topological polar surface area (TPSA) is 84.9 Å². The number of hydrogen-bond acceptors (Lipinski definition) is 4. The molecular formula is C12H21NO5. The van der Waals surface area contributed by atoms with Crippen LogP contribution < -0.4 is 5.32 Å². The Morgan fingerprint density at radius 2 is 2.28 bits per heavy atom. The molecule has 0 saturated carbocycles. The van der Waals surface area contributed by atoms with E-state index in [1.165, 1.54) is 0 Å². The number of rotatable bonds is 7. The molecule has 0 spiro atoms. The van der Waals surface area contributed by atoms with Gasteiger partial charge in [0, 0.05) is 19.8 Å². The van der Waals surface area contributed by atoms with Gasteiger partial charge in [-0.3, -0.25) is 9.59 Å². The van der Waals surface area contributed by atoms with Crippen LogP contribution in [0.4, 0.5) is 0 Å². The standard InChI is InChI=1S/C12H21NO5/c1-3-17-9(7-10(14)15)8-13-11(16)12(2)5-4-6-18-12/h9H,3-8H2,1-2H3,(H,13,16)(H,14,15). The lowest BCUT2D eigenvalue weighted by Crippen LogP contribution is -2.47. The van der Waals surface area contributed by atoms with Crippen LogP contribution in [0.1, 0.15) is 33.1 Å². The molecule has 0 aromatic carbocycles. The van der Waals surface area contributed by atoms with Crippen molar-refractivity contribution >= 4 is 11.9 Å². The minimum Gasteiger partial charge on any atom is -0.481 e. The van der Waals surface area contributed by atoms with Gasteiger partial charge in [0.1, 0.15) is 5.60 Å². The smallest absolute Gasteiger partial charge is 0.306 e. The summed E-state index contributed by atoms with van der Waals surface area (Å²) in [5, 5.41) is 11.4. The number of aliphatic carboxylic acids is 1. The van der Waals surface area contributed by atoms with Crippen molar-refractivity contribution in [2.45, 2.75) is 44.8 Å². The van der Waals surface area contributed by atoms with Crippen molar-refractivity contribution in [3.63, 3.8) is 0 Å². The largest absolute Gasteiger partial charge is 0.481 e. The first-order valence-corrected chi connectivity index (χ1v) is 6.23. The summed E-state index contributed by atoms with van der Waals surface area (Å²) in [6, 6.07) is 0. The summed E-state index contributed by atoms with van der Waals surface area (Å²) < 4.78 is 10.7. The molecule has 1 saturated heterocycles. The van der Waals surface area contributed by atoms with Gasteiger partial charge in [0.25, 0.3) is 5.91 Å². The molecule has 1 amide bonds. The van der Waals surface area contributed by atoms with E-state index in [0.29, 0.717) is 19.6 Å². The molecule has 2 unspecified atom stereocenters. The Bertz CT molecular complexity index is 299. The van der Waals surface area contributed by atoms with Crippen LogP contribution in [0.15, 0.2) is 0 Å². The molecular weight excluding hydrogens is 238 g/mol. The maximum Gasteiger partial charge on any atom is 0.306 e. The molecule has 1 aliphatic heterocycles. The third-order valence-electron chi connectivity index (χ3n) is 2.99. The van der Waals surface area contributed by atoms with E-state index in [0.717, 1.165) is 6.42 Å². The van der Waals surface area contributed by atoms with Crippen LogP contribution in [0.5, 0.6) is 0 Å². The van der Waals surface area contributed by atoms with Crippen molar-refractivity contribution in [2.24, 2.45) is 0 Å². The molecule has 1 fully saturated rings. The summed E-state index contributed by atoms with van der Waals surface area (Å²) in [6.45, 7) is 4.74. The maximum atomic E-state index is 11.9. The molecule has 0 bridgehead atoms. The first-order chi connectivity index (χ1) is 8.48. The predicted molar refractivity (Wildman–Crippen MR) is 64.3 cm³/mol. The summed E-state index contributed by atoms with van der Waals surface area (Å²) in [6.07, 6.45) is 0.943. The highest BCUT2D eigenvalue weighted by molar-refractivity contribution is 5.85. The predicted octanol–water partition coefficient (Wildman–Crippen LogP) is 0.551. The van der Waals surface area contributed by atoms with Gasteiger partial charge in [-0.15, -0.1) is 0 Å². The molecule has 2 atom stereocenters. The number of amides is 1. The van der Waals surface area contributed by atoms with Gasteiger partial charge < -0.3 is 19.9 Å². The van der Waals surface area contributed by atoms with Crippen LogP contribution in [0.3, 0.4) is 0 Å². The molecule has 6 heteroatoms. The molecule has 6 nitrogen and oxygen atoms in total. The fourth-order valence-electron chi connectivity index (χ4n) is 1.97. The molecule has 1 rings (SSSR count). The van der Waals surface area contributed by atoms with E-state index in [4.69, 9.17) is 14.6 Å². The number of hydrogen-bond donors (Lipinski definition) is 2. The molecule has 1 aliphatic rings. The maximum absolute atomic E-state index is 11.9. The normalized spacial score (nSPS) is 24.8. The van der Waals surface area contributed by atoms with Crippen molar-refractivity contribution in [1.82, 2.24) is 5.32 Å². The fraction of sp³-hybridized carbons (Fsp3) is 0.833. The quantitative estimate of drug-likeness (QED) is 0.697. The second kappa shape index (κ2) is 6.70. The van der Waals surface area contributed by atoms with Gasteiger partial charge in [-0.1, -0.05) is 0 Å². The van der Waals surface area contributed by atoms with Gasteiger partial charge in [-0.05, 0) is 26.7 Å². The number of ether oxygens (including phenoxy) is 2. The summed E-state index contributed by atoms with van der Waals surface area (Å²) in [4.78, 5) is 22.6. The Labute approximate surface area is 107 Å². The van der Waals surface area contributed by atoms with Crippen LogP contribution in [0, 0.1) is 0 Å². The van der Waals surface area contributed by atoms with E-state index in [2.05, 4.69) is 5.32 Å². The van der Waals surface area contributed by atoms with Gasteiger partial charge in [0.15, 0.2) is 0 Å². The Hall–Kier alpha value is -1.14. The first-order valence-electron chi connectivity index (χ1n) is 6.23. The van der Waals surface area contributed by atoms with Gasteiger partial charge in [-0.25, -0.2) is 0 Å². The zero-order valence-corrected chi connectivity index (χ0v) is 10.9. The average Bonchev–Trinajstić information content (AvgIpc) is 2.73. The van der Waals surface area contributed by atoms with Crippen molar-refractivity contribution in [2.75, 3.05) is 19.8 Å². The molecule has 0 radical (unpaired) electrons. The Morgan fingerprint density at radius 3 is 2.78 bits per heavy atom. The monoisotopic (exact) mass is 259 g/mol. The lowest BCUT2D eigenvalue weighted by Gasteiger charge is -2.23. The average molecular weight is 259 g/mol. The number of nitrogens with one attached hydrogen (secondary N) is 1. The molecule has 2 N–H and O–H groups in total. The highest BCUT2D eigenvalue weighted by atomic mass is 16.5. The Morgan fingerprint density at radius 1 is 1.56 bits per heavy atom. The zero-order chi connectivity index (χ0) is 13.6. The van der Waals surface area contributed by atoms with Gasteiger partial charge >= 0.3 is 5.97 Å². The van der Waals surface area contributed by atoms with E-state index >= 15 is 0 Å². The van der Waals surface area contributed by atoms with Crippen LogP contribution in [-0.2, 0) is 19.1 Å². The lowest BCUT2D eigenvalue weighted by atomic mass is 10.0. The zero-order valence-electron chi connectivity index (χ0n) is 10.9. The van der Waals surface area contributed by atoms with Crippen molar-refractivity contribution in [1.29, 1.82) is 0 Å². The number of carbonyl (C=O) groups excluding carboxylic acids is 1. The van der Waals surface area contributed by atoms with E-state index in [1.54, 1.807) is 13.8 Å². The minimum absolute atomic E-state index is 0.119. The van der Waals surface area contributed by atoms with Gasteiger partial charge in [-0.2, -0.15) is 0 Å². The van der Waals surface area contributed by atoms with E-state index < -0.39 is 17.7 Å². The summed E-state index contributed by atoms with van der Waals surface area (Å²) in [5.41, 5.74) is -0.778. The van der Waals surface area contributed by atoms with E-state index in [-0.39, 0.29) is 18.9 Å². The van der Waals surface area contributed by atoms with Gasteiger partial charge in [0.05, 0.1) is 12.5 Å². The highest BCUT2D eigenvalue weighted by Gasteiger charge is 2.37. The summed E-state index contributed by atoms with van der Waals surface area (Å²) in [7, 11) is 0. The fourth-order valence-corrected chi connectivity index (χ4v) is 1.97. The van der Waals surface area contributed by atoms with Crippen molar-refractivity contribution in [3.05, 3.63) is 0 Å². The van der Waals surface area contributed by atoms with Crippen LogP contribution in [0.25, 0.3) is 0 Å². The van der Waals surface area contributed by atoms with Gasteiger partial charge in [0.2, 0.25) is 0 Å². The highest BCUT2D eigenvalue weighted by Crippen LogP contribution is 2.24.